The van der Waals surface area contributed by atoms with Crippen molar-refractivity contribution >= 4 is 17.6 Å². The van der Waals surface area contributed by atoms with Crippen LogP contribution in [0.15, 0.2) is 6.07 Å². The summed E-state index contributed by atoms with van der Waals surface area (Å²) in [5.74, 6) is 2.47. The minimum Gasteiger partial charge on any atom is -0.481 e. The Morgan fingerprint density at radius 1 is 1.28 bits per heavy atom. The molecule has 2 aliphatic heterocycles. The van der Waals surface area contributed by atoms with Crippen LogP contribution in [0.5, 0.6) is 5.88 Å². The normalized spacial score (nSPS) is 23.6. The van der Waals surface area contributed by atoms with Gasteiger partial charge in [0, 0.05) is 42.9 Å². The van der Waals surface area contributed by atoms with Crippen LogP contribution < -0.4 is 15.4 Å². The fourth-order valence-corrected chi connectivity index (χ4v) is 4.62. The molecule has 4 rings (SSSR count). The molecule has 154 valence electrons. The number of hydrogen-bond acceptors (Lipinski definition) is 8. The van der Waals surface area contributed by atoms with Crippen molar-refractivity contribution in [2.24, 2.45) is 0 Å². The number of fused-ring (bicyclic) bond motifs is 2. The number of aromatic nitrogens is 4. The summed E-state index contributed by atoms with van der Waals surface area (Å²) in [4.78, 5) is 11.7. The van der Waals surface area contributed by atoms with Gasteiger partial charge in [-0.05, 0) is 39.5 Å². The highest BCUT2D eigenvalue weighted by atomic mass is 16.5. The fourth-order valence-electron chi connectivity index (χ4n) is 4.62. The Balaban J connectivity index is 1.50. The Kier molecular flexibility index (Phi) is 5.53. The number of rotatable bonds is 7. The molecule has 0 spiro atoms. The zero-order valence-corrected chi connectivity index (χ0v) is 17.2. The first-order valence-electron chi connectivity index (χ1n) is 10.2. The van der Waals surface area contributed by atoms with Crippen LogP contribution in [0, 0.1) is 25.2 Å². The maximum atomic E-state index is 8.92. The van der Waals surface area contributed by atoms with Gasteiger partial charge in [-0.15, -0.1) is 0 Å². The number of aryl methyl sites for hydroxylation is 1. The number of ether oxygens (including phenoxy) is 1. The second-order valence-corrected chi connectivity index (χ2v) is 7.93. The highest BCUT2D eigenvalue weighted by Crippen LogP contribution is 2.37. The fraction of sp³-hybridized carbons (Fsp3) is 0.600. The van der Waals surface area contributed by atoms with Crippen LogP contribution >= 0.6 is 0 Å². The third kappa shape index (κ3) is 4.12. The summed E-state index contributed by atoms with van der Waals surface area (Å²) in [6.07, 6.45) is 5.16. The maximum Gasteiger partial charge on any atom is 0.233 e. The number of piperidine rings is 1. The van der Waals surface area contributed by atoms with E-state index in [2.05, 4.69) is 36.8 Å². The first-order chi connectivity index (χ1) is 14.1. The lowest BCUT2D eigenvalue weighted by Crippen LogP contribution is -2.47. The lowest BCUT2D eigenvalue weighted by molar-refractivity contribution is 0.135. The predicted octanol–water partition coefficient (Wildman–Crippen LogP) is 2.89. The van der Waals surface area contributed by atoms with Gasteiger partial charge < -0.3 is 15.4 Å². The number of hydrogen-bond donors (Lipinski definition) is 3. The smallest absolute Gasteiger partial charge is 0.233 e. The molecule has 0 radical (unpaired) electrons. The van der Waals surface area contributed by atoms with Crippen LogP contribution in [0.4, 0.5) is 17.6 Å². The van der Waals surface area contributed by atoms with Gasteiger partial charge in [-0.1, -0.05) is 0 Å². The molecule has 1 unspecified atom stereocenters. The van der Waals surface area contributed by atoms with Gasteiger partial charge in [0.05, 0.1) is 18.7 Å². The van der Waals surface area contributed by atoms with E-state index in [1.165, 1.54) is 12.8 Å². The molecule has 2 aromatic rings. The number of methoxy groups -OCH3 is 1. The van der Waals surface area contributed by atoms with Crippen LogP contribution in [0.2, 0.25) is 0 Å². The molecule has 0 aliphatic carbocycles. The average molecular weight is 396 g/mol. The molecule has 9 heteroatoms. The molecular formula is C20H28N8O. The van der Waals surface area contributed by atoms with Crippen molar-refractivity contribution in [3.8, 4) is 11.9 Å². The van der Waals surface area contributed by atoms with Crippen molar-refractivity contribution < 1.29 is 4.74 Å². The topological polar surface area (TPSA) is 115 Å². The van der Waals surface area contributed by atoms with Crippen molar-refractivity contribution in [2.75, 3.05) is 24.3 Å². The SMILES string of the molecule is COc1nc(Nc2cc(C)[nH]n2)nc(NC2C[C@H]3CC[C@@H](C2)N3CCC#N)c1C. The van der Waals surface area contributed by atoms with Gasteiger partial charge in [0.25, 0.3) is 0 Å². The monoisotopic (exact) mass is 396 g/mol. The molecule has 29 heavy (non-hydrogen) atoms. The summed E-state index contributed by atoms with van der Waals surface area (Å²) in [5, 5.41) is 22.8. The van der Waals surface area contributed by atoms with Crippen molar-refractivity contribution in [3.05, 3.63) is 17.3 Å². The first-order valence-corrected chi connectivity index (χ1v) is 10.2. The van der Waals surface area contributed by atoms with E-state index in [4.69, 9.17) is 15.0 Å². The van der Waals surface area contributed by atoms with Gasteiger partial charge in [0.15, 0.2) is 5.82 Å². The van der Waals surface area contributed by atoms with Gasteiger partial charge in [-0.2, -0.15) is 20.3 Å². The molecule has 2 bridgehead atoms. The number of aromatic amines is 1. The third-order valence-corrected chi connectivity index (χ3v) is 5.95. The van der Waals surface area contributed by atoms with Crippen LogP contribution in [0.1, 0.15) is 43.4 Å². The quantitative estimate of drug-likeness (QED) is 0.654. The van der Waals surface area contributed by atoms with Gasteiger partial charge >= 0.3 is 0 Å². The predicted molar refractivity (Wildman–Crippen MR) is 110 cm³/mol. The molecule has 0 amide bonds. The number of nitrogens with zero attached hydrogens (tertiary/aromatic N) is 5. The molecule has 3 N–H and O–H groups in total. The van der Waals surface area contributed by atoms with Crippen molar-refractivity contribution in [1.29, 1.82) is 5.26 Å². The number of nitriles is 1. The molecule has 2 saturated heterocycles. The second-order valence-electron chi connectivity index (χ2n) is 7.93. The number of H-pyrrole nitrogens is 1. The van der Waals surface area contributed by atoms with Gasteiger partial charge in [-0.25, -0.2) is 0 Å². The van der Waals surface area contributed by atoms with E-state index >= 15 is 0 Å². The largest absolute Gasteiger partial charge is 0.481 e. The third-order valence-electron chi connectivity index (χ3n) is 5.95. The average Bonchev–Trinajstić information content (AvgIpc) is 3.21. The van der Waals surface area contributed by atoms with Gasteiger partial charge in [0.1, 0.15) is 5.82 Å². The van der Waals surface area contributed by atoms with E-state index < -0.39 is 0 Å². The Labute approximate surface area is 170 Å². The Morgan fingerprint density at radius 3 is 2.66 bits per heavy atom. The molecule has 0 aromatic carbocycles. The van der Waals surface area contributed by atoms with E-state index in [0.29, 0.717) is 42.2 Å². The van der Waals surface area contributed by atoms with Crippen LogP contribution in [-0.4, -0.2) is 56.8 Å². The molecule has 9 nitrogen and oxygen atoms in total. The molecule has 2 aliphatic rings. The second kappa shape index (κ2) is 8.25. The summed E-state index contributed by atoms with van der Waals surface area (Å²) in [7, 11) is 1.62. The Hall–Kier alpha value is -2.86. The van der Waals surface area contributed by atoms with Gasteiger partial charge in [-0.3, -0.25) is 10.00 Å². The van der Waals surface area contributed by atoms with E-state index in [-0.39, 0.29) is 0 Å². The molecule has 2 fully saturated rings. The van der Waals surface area contributed by atoms with Crippen LogP contribution in [0.3, 0.4) is 0 Å². The maximum absolute atomic E-state index is 8.92. The van der Waals surface area contributed by atoms with E-state index in [1.807, 2.05) is 19.9 Å². The summed E-state index contributed by atoms with van der Waals surface area (Å²) in [5.41, 5.74) is 1.86. The van der Waals surface area contributed by atoms with E-state index in [0.717, 1.165) is 36.5 Å². The highest BCUT2D eigenvalue weighted by Gasteiger charge is 2.40. The molecule has 2 aromatic heterocycles. The first kappa shape index (κ1) is 19.5. The molecular weight excluding hydrogens is 368 g/mol. The summed E-state index contributed by atoms with van der Waals surface area (Å²) < 4.78 is 5.48. The zero-order chi connectivity index (χ0) is 20.4. The Morgan fingerprint density at radius 2 is 2.03 bits per heavy atom. The molecule has 3 atom stereocenters. The van der Waals surface area contributed by atoms with E-state index in [9.17, 15) is 0 Å². The van der Waals surface area contributed by atoms with Crippen LogP contribution in [-0.2, 0) is 0 Å². The van der Waals surface area contributed by atoms with E-state index in [1.54, 1.807) is 7.11 Å². The zero-order valence-electron chi connectivity index (χ0n) is 17.2. The van der Waals surface area contributed by atoms with Crippen molar-refractivity contribution in [2.45, 2.75) is 64.1 Å². The Bertz CT molecular complexity index is 890. The minimum atomic E-state index is 0.351. The highest BCUT2D eigenvalue weighted by molar-refractivity contribution is 5.57. The molecule has 4 heterocycles. The number of nitrogens with one attached hydrogen (secondary N) is 3. The minimum absolute atomic E-state index is 0.351. The van der Waals surface area contributed by atoms with Crippen molar-refractivity contribution in [1.82, 2.24) is 25.1 Å². The lowest BCUT2D eigenvalue weighted by atomic mass is 9.97. The lowest BCUT2D eigenvalue weighted by Gasteiger charge is -2.39. The van der Waals surface area contributed by atoms with Gasteiger partial charge in [0.2, 0.25) is 11.8 Å². The van der Waals surface area contributed by atoms with Crippen LogP contribution in [0.25, 0.3) is 0 Å². The molecule has 0 saturated carbocycles. The summed E-state index contributed by atoms with van der Waals surface area (Å²) >= 11 is 0. The summed E-state index contributed by atoms with van der Waals surface area (Å²) in [6, 6.07) is 5.63. The summed E-state index contributed by atoms with van der Waals surface area (Å²) in [6.45, 7) is 4.80. The van der Waals surface area contributed by atoms with Crippen molar-refractivity contribution in [3.63, 3.8) is 0 Å². The number of anilines is 3. The standard InChI is InChI=1S/C20H28N8O/c1-12-9-17(27-26-12)23-20-24-18(13(2)19(25-20)29-3)22-14-10-15-5-6-16(11-14)28(15)8-4-7-21/h9,14-16H,4-6,8,10-11H2,1-3H3,(H3,22,23,24,25,26,27)/t14?,15-,16+.